The molecule has 5 rings (SSSR count). The zero-order chi connectivity index (χ0) is 29.1. The lowest BCUT2D eigenvalue weighted by Crippen LogP contribution is -2.21. The molecule has 5 aromatic rings. The second kappa shape index (κ2) is 11.0. The zero-order valence-electron chi connectivity index (χ0n) is 23.0. The van der Waals surface area contributed by atoms with Crippen molar-refractivity contribution in [2.24, 2.45) is 0 Å². The molecule has 0 saturated carbocycles. The lowest BCUT2D eigenvalue weighted by Gasteiger charge is -2.14. The molecule has 0 bridgehead atoms. The second-order valence-electron chi connectivity index (χ2n) is 10.3. The predicted molar refractivity (Wildman–Crippen MR) is 157 cm³/mol. The van der Waals surface area contributed by atoms with E-state index in [0.717, 1.165) is 16.8 Å². The molecule has 11 heteroatoms. The quantitative estimate of drug-likeness (QED) is 0.228. The van der Waals surface area contributed by atoms with Crippen LogP contribution in [-0.4, -0.2) is 38.7 Å². The first-order valence-electron chi connectivity index (χ1n) is 12.9. The van der Waals surface area contributed by atoms with E-state index < -0.39 is 6.03 Å². The molecule has 0 radical (unpaired) electrons. The molecule has 3 heterocycles. The summed E-state index contributed by atoms with van der Waals surface area (Å²) in [6, 6.07) is 20.2. The van der Waals surface area contributed by atoms with E-state index in [1.165, 1.54) is 19.3 Å². The van der Waals surface area contributed by atoms with Gasteiger partial charge in [-0.05, 0) is 54.6 Å². The summed E-state index contributed by atoms with van der Waals surface area (Å²) < 4.78 is 7.50. The number of H-pyrrole nitrogens is 1. The fourth-order valence-corrected chi connectivity index (χ4v) is 4.05. The molecule has 3 amide bonds. The van der Waals surface area contributed by atoms with Crippen LogP contribution in [0.2, 0.25) is 0 Å². The highest BCUT2D eigenvalue weighted by molar-refractivity contribution is 5.99. The van der Waals surface area contributed by atoms with E-state index in [2.05, 4.69) is 25.9 Å². The van der Waals surface area contributed by atoms with E-state index in [-0.39, 0.29) is 22.6 Å². The summed E-state index contributed by atoms with van der Waals surface area (Å²) >= 11 is 0. The van der Waals surface area contributed by atoms with Gasteiger partial charge < -0.3 is 20.4 Å². The van der Waals surface area contributed by atoms with Gasteiger partial charge in [0.25, 0.3) is 5.91 Å². The standard InChI is InChI=1S/C30H29N7O4/c1-30(2,3)25-17-26(37(36-25)20-8-11-23-18(15-20)5-12-27(38)34-23)35-29(40)33-19-6-9-21(10-7-19)41-22-13-14-32-24(16-22)28(39)31-4/h5-17H,1-4H3,(H,31,39)(H,34,38)(H2,33,35,40). The van der Waals surface area contributed by atoms with E-state index in [4.69, 9.17) is 9.84 Å². The third-order valence-corrected chi connectivity index (χ3v) is 6.21. The number of rotatable bonds is 6. The van der Waals surface area contributed by atoms with Crippen LogP contribution in [0.5, 0.6) is 11.5 Å². The first-order valence-corrected chi connectivity index (χ1v) is 12.9. The second-order valence-corrected chi connectivity index (χ2v) is 10.3. The largest absolute Gasteiger partial charge is 0.457 e. The number of anilines is 2. The molecule has 11 nitrogen and oxygen atoms in total. The summed E-state index contributed by atoms with van der Waals surface area (Å²) in [5.74, 6) is 1.16. The summed E-state index contributed by atoms with van der Waals surface area (Å²) in [4.78, 5) is 43.3. The van der Waals surface area contributed by atoms with Crippen LogP contribution in [0.1, 0.15) is 37.0 Å². The zero-order valence-corrected chi connectivity index (χ0v) is 23.0. The topological polar surface area (TPSA) is 143 Å². The van der Waals surface area contributed by atoms with Crippen molar-refractivity contribution in [3.8, 4) is 17.2 Å². The Morgan fingerprint density at radius 1 is 0.902 bits per heavy atom. The van der Waals surface area contributed by atoms with Gasteiger partial charge in [-0.1, -0.05) is 20.8 Å². The van der Waals surface area contributed by atoms with Gasteiger partial charge in [-0.15, -0.1) is 0 Å². The van der Waals surface area contributed by atoms with Crippen LogP contribution in [0, 0.1) is 0 Å². The lowest BCUT2D eigenvalue weighted by molar-refractivity contribution is 0.0957. The summed E-state index contributed by atoms with van der Waals surface area (Å²) in [5.41, 5.74) is 2.59. The van der Waals surface area contributed by atoms with Crippen molar-refractivity contribution < 1.29 is 14.3 Å². The van der Waals surface area contributed by atoms with E-state index in [1.54, 1.807) is 47.1 Å². The molecule has 0 aliphatic rings. The maximum absolute atomic E-state index is 13.0. The van der Waals surface area contributed by atoms with Gasteiger partial charge in [0.05, 0.1) is 11.4 Å². The Morgan fingerprint density at radius 3 is 2.41 bits per heavy atom. The lowest BCUT2D eigenvalue weighted by atomic mass is 9.92. The number of nitrogens with zero attached hydrogens (tertiary/aromatic N) is 3. The number of hydrogen-bond acceptors (Lipinski definition) is 6. The average Bonchev–Trinajstić information content (AvgIpc) is 3.38. The molecule has 0 saturated heterocycles. The molecule has 4 N–H and O–H groups in total. The summed E-state index contributed by atoms with van der Waals surface area (Å²) in [6.45, 7) is 6.14. The monoisotopic (exact) mass is 551 g/mol. The van der Waals surface area contributed by atoms with E-state index in [1.807, 2.05) is 45.0 Å². The predicted octanol–water partition coefficient (Wildman–Crippen LogP) is 5.20. The van der Waals surface area contributed by atoms with Gasteiger partial charge in [-0.25, -0.2) is 9.48 Å². The van der Waals surface area contributed by atoms with Crippen molar-refractivity contribution in [1.29, 1.82) is 0 Å². The van der Waals surface area contributed by atoms with Crippen LogP contribution < -0.4 is 26.2 Å². The molecule has 0 aliphatic carbocycles. The Morgan fingerprint density at radius 2 is 1.68 bits per heavy atom. The number of aromatic amines is 1. The van der Waals surface area contributed by atoms with Gasteiger partial charge in [-0.3, -0.25) is 19.9 Å². The molecule has 0 unspecified atom stereocenters. The molecule has 41 heavy (non-hydrogen) atoms. The minimum Gasteiger partial charge on any atom is -0.457 e. The Labute approximate surface area is 235 Å². The van der Waals surface area contributed by atoms with E-state index >= 15 is 0 Å². The SMILES string of the molecule is CNC(=O)c1cc(Oc2ccc(NC(=O)Nc3cc(C(C)(C)C)nn3-c3ccc4[nH]c(=O)ccc4c3)cc2)ccn1. The molecular formula is C30H29N7O4. The van der Waals surface area contributed by atoms with Gasteiger partial charge in [-0.2, -0.15) is 5.10 Å². The normalized spacial score (nSPS) is 11.2. The van der Waals surface area contributed by atoms with Crippen LogP contribution in [0.4, 0.5) is 16.3 Å². The minimum atomic E-state index is -0.449. The third-order valence-electron chi connectivity index (χ3n) is 6.21. The van der Waals surface area contributed by atoms with Crippen molar-refractivity contribution in [3.63, 3.8) is 0 Å². The van der Waals surface area contributed by atoms with Gasteiger partial charge in [0.15, 0.2) is 0 Å². The first-order chi connectivity index (χ1) is 19.6. The van der Waals surface area contributed by atoms with Crippen molar-refractivity contribution in [1.82, 2.24) is 25.1 Å². The van der Waals surface area contributed by atoms with Crippen molar-refractivity contribution in [2.45, 2.75) is 26.2 Å². The van der Waals surface area contributed by atoms with Crippen LogP contribution in [0.15, 0.2) is 83.8 Å². The van der Waals surface area contributed by atoms with Crippen molar-refractivity contribution in [2.75, 3.05) is 17.7 Å². The van der Waals surface area contributed by atoms with Gasteiger partial charge in [0.2, 0.25) is 5.56 Å². The summed E-state index contributed by atoms with van der Waals surface area (Å²) in [6.07, 6.45) is 1.49. The Balaban J connectivity index is 1.32. The Kier molecular flexibility index (Phi) is 7.26. The molecule has 0 atom stereocenters. The fourth-order valence-electron chi connectivity index (χ4n) is 4.05. The van der Waals surface area contributed by atoms with Gasteiger partial charge in [0.1, 0.15) is 23.0 Å². The van der Waals surface area contributed by atoms with Gasteiger partial charge >= 0.3 is 6.03 Å². The number of amides is 3. The van der Waals surface area contributed by atoms with Crippen molar-refractivity contribution in [3.05, 3.63) is 101 Å². The molecule has 0 aliphatic heterocycles. The number of aromatic nitrogens is 4. The average molecular weight is 552 g/mol. The number of pyridine rings is 2. The summed E-state index contributed by atoms with van der Waals surface area (Å²) in [7, 11) is 1.53. The Bertz CT molecular complexity index is 1800. The molecule has 2 aromatic carbocycles. The number of hydrogen-bond donors (Lipinski definition) is 4. The number of ether oxygens (including phenoxy) is 1. The number of nitrogens with one attached hydrogen (secondary N) is 4. The number of fused-ring (bicyclic) bond motifs is 1. The number of carbonyl (C=O) groups is 2. The smallest absolute Gasteiger partial charge is 0.324 e. The maximum Gasteiger partial charge on any atom is 0.324 e. The maximum atomic E-state index is 13.0. The molecule has 0 fully saturated rings. The van der Waals surface area contributed by atoms with Crippen molar-refractivity contribution >= 4 is 34.3 Å². The van der Waals surface area contributed by atoms with E-state index in [0.29, 0.717) is 28.5 Å². The molecule has 0 spiro atoms. The van der Waals surface area contributed by atoms with E-state index in [9.17, 15) is 14.4 Å². The summed E-state index contributed by atoms with van der Waals surface area (Å²) in [5, 5.41) is 13.9. The third kappa shape index (κ3) is 6.25. The van der Waals surface area contributed by atoms with Crippen LogP contribution in [-0.2, 0) is 5.41 Å². The number of carbonyl (C=O) groups excluding carboxylic acids is 2. The van der Waals surface area contributed by atoms with Gasteiger partial charge in [0, 0.05) is 53.4 Å². The van der Waals surface area contributed by atoms with Crippen LogP contribution in [0.3, 0.4) is 0 Å². The van der Waals surface area contributed by atoms with Crippen LogP contribution >= 0.6 is 0 Å². The Hall–Kier alpha value is -5.45. The minimum absolute atomic E-state index is 0.175. The molecular weight excluding hydrogens is 522 g/mol. The molecule has 3 aromatic heterocycles. The number of benzene rings is 2. The highest BCUT2D eigenvalue weighted by Crippen LogP contribution is 2.28. The highest BCUT2D eigenvalue weighted by atomic mass is 16.5. The fraction of sp³-hybridized carbons (Fsp3) is 0.167. The van der Waals surface area contributed by atoms with Crippen LogP contribution in [0.25, 0.3) is 16.6 Å². The number of urea groups is 1. The highest BCUT2D eigenvalue weighted by Gasteiger charge is 2.22. The molecule has 208 valence electrons. The first kappa shape index (κ1) is 27.1.